The van der Waals surface area contributed by atoms with Gasteiger partial charge in [0.1, 0.15) is 33.8 Å². The van der Waals surface area contributed by atoms with Gasteiger partial charge in [-0.15, -0.1) is 11.3 Å². The van der Waals surface area contributed by atoms with E-state index in [1.807, 2.05) is 47.8 Å². The molecule has 2 heterocycles. The van der Waals surface area contributed by atoms with Crippen molar-refractivity contribution >= 4 is 37.9 Å². The van der Waals surface area contributed by atoms with Gasteiger partial charge in [0.05, 0.1) is 0 Å². The molecular weight excluding hydrogens is 550 g/mol. The van der Waals surface area contributed by atoms with Crippen molar-refractivity contribution in [2.75, 3.05) is 32.5 Å². The zero-order valence-corrected chi connectivity index (χ0v) is 24.1. The van der Waals surface area contributed by atoms with Crippen LogP contribution in [0.3, 0.4) is 0 Å². The fourth-order valence-corrected chi connectivity index (χ4v) is 6.29. The molecule has 5 rings (SSSR count). The average Bonchev–Trinajstić information content (AvgIpc) is 3.41. The van der Waals surface area contributed by atoms with Crippen molar-refractivity contribution in [2.45, 2.75) is 30.4 Å². The van der Waals surface area contributed by atoms with Crippen LogP contribution in [0, 0.1) is 0 Å². The Hall–Kier alpha value is -3.60. The number of carbonyl (C=O) groups is 1. The van der Waals surface area contributed by atoms with Gasteiger partial charge in [0.2, 0.25) is 0 Å². The van der Waals surface area contributed by atoms with E-state index in [1.54, 1.807) is 18.2 Å². The van der Waals surface area contributed by atoms with Crippen molar-refractivity contribution in [3.63, 3.8) is 0 Å². The Balaban J connectivity index is 0.000000867. The molecule has 2 N–H and O–H groups in total. The van der Waals surface area contributed by atoms with E-state index in [2.05, 4.69) is 4.90 Å². The molecular formula is C30H33NO7S2. The number of phenolic OH excluding ortho intramolecular Hbond substituents is 1. The van der Waals surface area contributed by atoms with E-state index in [4.69, 9.17) is 19.4 Å². The van der Waals surface area contributed by atoms with Crippen molar-refractivity contribution in [1.29, 1.82) is 0 Å². The van der Waals surface area contributed by atoms with E-state index in [1.165, 1.54) is 36.9 Å². The predicted octanol–water partition coefficient (Wildman–Crippen LogP) is 6.43. The highest BCUT2D eigenvalue weighted by molar-refractivity contribution is 7.92. The molecule has 0 saturated carbocycles. The zero-order chi connectivity index (χ0) is 28.7. The third kappa shape index (κ3) is 7.97. The van der Waals surface area contributed by atoms with E-state index >= 15 is 0 Å². The molecule has 1 fully saturated rings. The van der Waals surface area contributed by atoms with Gasteiger partial charge in [-0.05, 0) is 91.5 Å². The minimum Gasteiger partial charge on any atom is -0.508 e. The molecule has 1 saturated heterocycles. The third-order valence-corrected chi connectivity index (χ3v) is 9.14. The lowest BCUT2D eigenvalue weighted by molar-refractivity contribution is -0.134. The number of carboxylic acids is 1. The number of sulfone groups is 1. The number of nitrogens with zero attached hydrogens (tertiary/aromatic N) is 1. The average molecular weight is 584 g/mol. The first-order valence-corrected chi connectivity index (χ1v) is 15.7. The van der Waals surface area contributed by atoms with Gasteiger partial charge < -0.3 is 19.7 Å². The normalized spacial score (nSPS) is 13.8. The molecule has 0 unspecified atom stereocenters. The van der Waals surface area contributed by atoms with E-state index in [0.29, 0.717) is 22.3 Å². The minimum atomic E-state index is -3.30. The first-order valence-electron chi connectivity index (χ1n) is 13.0. The Morgan fingerprint density at radius 3 is 2.30 bits per heavy atom. The number of aromatic hydroxyl groups is 1. The first-order chi connectivity index (χ1) is 19.1. The monoisotopic (exact) mass is 583 g/mol. The van der Waals surface area contributed by atoms with Crippen LogP contribution < -0.4 is 9.47 Å². The summed E-state index contributed by atoms with van der Waals surface area (Å²) >= 11 is 1.19. The van der Waals surface area contributed by atoms with Crippen LogP contribution in [0.5, 0.6) is 23.0 Å². The highest BCUT2D eigenvalue weighted by Gasteiger charge is 2.17. The third-order valence-electron chi connectivity index (χ3n) is 6.37. The lowest BCUT2D eigenvalue weighted by Crippen LogP contribution is -2.33. The summed E-state index contributed by atoms with van der Waals surface area (Å²) in [4.78, 5) is 11.4. The predicted molar refractivity (Wildman–Crippen MR) is 158 cm³/mol. The van der Waals surface area contributed by atoms with Crippen molar-refractivity contribution in [2.24, 2.45) is 0 Å². The van der Waals surface area contributed by atoms with Crippen molar-refractivity contribution in [1.82, 2.24) is 4.90 Å². The van der Waals surface area contributed by atoms with Gasteiger partial charge in [-0.1, -0.05) is 12.5 Å². The summed E-state index contributed by atoms with van der Waals surface area (Å²) < 4.78 is 36.7. The van der Waals surface area contributed by atoms with Crippen LogP contribution >= 0.6 is 11.3 Å². The van der Waals surface area contributed by atoms with E-state index in [0.717, 1.165) is 54.2 Å². The van der Waals surface area contributed by atoms with Gasteiger partial charge in [0, 0.05) is 36.1 Å². The molecule has 8 nitrogen and oxygen atoms in total. The quantitative estimate of drug-likeness (QED) is 0.244. The molecule has 0 spiro atoms. The largest absolute Gasteiger partial charge is 0.508 e. The molecule has 3 aromatic carbocycles. The number of aliphatic carboxylic acids is 1. The van der Waals surface area contributed by atoms with E-state index in [9.17, 15) is 13.5 Å². The van der Waals surface area contributed by atoms with E-state index in [-0.39, 0.29) is 5.75 Å². The number of likely N-dealkylation sites (tertiary alicyclic amines) is 1. The van der Waals surface area contributed by atoms with Gasteiger partial charge in [-0.2, -0.15) is 0 Å². The number of benzene rings is 3. The maximum atomic E-state index is 12.0. The molecule has 0 bridgehead atoms. The molecule has 0 amide bonds. The number of ether oxygens (including phenoxy) is 2. The summed E-state index contributed by atoms with van der Waals surface area (Å²) in [5.41, 5.74) is 1.55. The van der Waals surface area contributed by atoms with Gasteiger partial charge >= 0.3 is 0 Å². The summed E-state index contributed by atoms with van der Waals surface area (Å²) in [5.74, 6) is 1.36. The molecule has 1 aliphatic rings. The molecule has 40 heavy (non-hydrogen) atoms. The van der Waals surface area contributed by atoms with Crippen LogP contribution in [0.15, 0.2) is 70.3 Å². The van der Waals surface area contributed by atoms with Crippen LogP contribution in [-0.2, 0) is 14.6 Å². The Morgan fingerprint density at radius 1 is 0.975 bits per heavy atom. The number of hydrogen-bond donors (Lipinski definition) is 2. The lowest BCUT2D eigenvalue weighted by atomic mass is 10.0. The highest BCUT2D eigenvalue weighted by atomic mass is 32.2. The van der Waals surface area contributed by atoms with Gasteiger partial charge in [0.15, 0.2) is 9.84 Å². The van der Waals surface area contributed by atoms with Gasteiger partial charge in [-0.3, -0.25) is 9.69 Å². The van der Waals surface area contributed by atoms with Gasteiger partial charge in [0.25, 0.3) is 5.97 Å². The van der Waals surface area contributed by atoms with Crippen LogP contribution in [0.4, 0.5) is 0 Å². The molecule has 0 radical (unpaired) electrons. The Morgan fingerprint density at radius 2 is 1.65 bits per heavy atom. The summed E-state index contributed by atoms with van der Waals surface area (Å²) in [6.07, 6.45) is 5.06. The molecule has 1 aromatic heterocycles. The molecule has 212 valence electrons. The van der Waals surface area contributed by atoms with Crippen molar-refractivity contribution in [3.8, 4) is 34.1 Å². The van der Waals surface area contributed by atoms with Crippen molar-refractivity contribution in [3.05, 3.63) is 66.0 Å². The van der Waals surface area contributed by atoms with E-state index < -0.39 is 15.8 Å². The summed E-state index contributed by atoms with van der Waals surface area (Å²) in [6, 6.07) is 18.1. The van der Waals surface area contributed by atoms with Gasteiger partial charge in [-0.25, -0.2) is 8.42 Å². The van der Waals surface area contributed by atoms with Crippen LogP contribution in [0.2, 0.25) is 0 Å². The van der Waals surface area contributed by atoms with Crippen LogP contribution in [0.25, 0.3) is 21.9 Å². The Bertz CT molecular complexity index is 1550. The summed E-state index contributed by atoms with van der Waals surface area (Å²) in [7, 11) is -3.30. The number of carboxylic acid groups (broad SMARTS) is 1. The highest BCUT2D eigenvalue weighted by Crippen LogP contribution is 2.42. The second kappa shape index (κ2) is 13.2. The lowest BCUT2D eigenvalue weighted by Gasteiger charge is -2.26. The minimum absolute atomic E-state index is 0.169. The van der Waals surface area contributed by atoms with Crippen LogP contribution in [0.1, 0.15) is 26.2 Å². The summed E-state index contributed by atoms with van der Waals surface area (Å²) in [6.45, 7) is 4.97. The maximum absolute atomic E-state index is 12.0. The number of piperidine rings is 1. The fraction of sp³-hybridized carbons (Fsp3) is 0.300. The summed E-state index contributed by atoms with van der Waals surface area (Å²) in [5, 5.41) is 20.8. The number of thiophene rings is 1. The van der Waals surface area contributed by atoms with Crippen LogP contribution in [-0.4, -0.2) is 62.0 Å². The molecule has 1 aliphatic heterocycles. The smallest absolute Gasteiger partial charge is 0.300 e. The maximum Gasteiger partial charge on any atom is 0.300 e. The second-order valence-corrected chi connectivity index (χ2v) is 12.8. The fourth-order valence-electron chi connectivity index (χ4n) is 4.48. The van der Waals surface area contributed by atoms with Crippen molar-refractivity contribution < 1.29 is 32.9 Å². The molecule has 10 heteroatoms. The first kappa shape index (κ1) is 29.4. The second-order valence-electron chi connectivity index (χ2n) is 9.62. The number of hydrogen-bond acceptors (Lipinski definition) is 8. The zero-order valence-electron chi connectivity index (χ0n) is 22.5. The number of rotatable bonds is 8. The number of fused-ring (bicyclic) bond motifs is 1. The number of phenols is 1. The Kier molecular flexibility index (Phi) is 9.67. The molecule has 0 aliphatic carbocycles. The molecule has 0 atom stereocenters. The Labute approximate surface area is 238 Å². The topological polar surface area (TPSA) is 113 Å². The molecule has 4 aromatic rings. The SMILES string of the molecule is CC(=O)O.CS(=O)(=O)c1cc(-c2ccc3cc(O)ccc3c2Oc2ccc(OCCN3CCCCC3)cc2)cs1. The standard InChI is InChI=1S/C28H29NO5S2.C2H4O2/c1-36(31,32)27-18-21(19-35-27)26-11-5-20-17-22(30)6-12-25(20)28(26)34-24-9-7-23(8-10-24)33-16-15-29-13-3-2-4-14-29;1-2(3)4/h5-12,17-19,30H,2-4,13-16H2,1H3;1H3,(H,3,4).